The first-order valence-electron chi connectivity index (χ1n) is 7.41. The molecule has 0 aliphatic carbocycles. The molecule has 0 unspecified atom stereocenters. The van der Waals surface area contributed by atoms with E-state index >= 15 is 0 Å². The van der Waals surface area contributed by atoms with Gasteiger partial charge in [-0.1, -0.05) is 18.2 Å². The van der Waals surface area contributed by atoms with Gasteiger partial charge < -0.3 is 9.72 Å². The van der Waals surface area contributed by atoms with Crippen LogP contribution in [0.1, 0.15) is 5.69 Å². The van der Waals surface area contributed by atoms with Gasteiger partial charge in [0.2, 0.25) is 10.0 Å². The Morgan fingerprint density at radius 3 is 2.38 bits per heavy atom. The van der Waals surface area contributed by atoms with Crippen LogP contribution in [-0.2, 0) is 10.0 Å². The highest BCUT2D eigenvalue weighted by Gasteiger charge is 2.12. The number of nitrogens with one attached hydrogen (secondary N) is 2. The number of anilines is 1. The standard InChI is InChI=1S/C18H18N2O3S/c1-13-8-10-17(19-13)16-12-14(20-24(2,21)22)9-11-18(16)23-15-6-4-3-5-7-15/h3-12,19-20H,1-2H3. The van der Waals surface area contributed by atoms with Crippen LogP contribution < -0.4 is 9.46 Å². The molecule has 0 aliphatic heterocycles. The zero-order chi connectivity index (χ0) is 17.2. The monoisotopic (exact) mass is 342 g/mol. The van der Waals surface area contributed by atoms with Crippen molar-refractivity contribution >= 4 is 15.7 Å². The van der Waals surface area contributed by atoms with Crippen LogP contribution in [0, 0.1) is 6.92 Å². The Balaban J connectivity index is 2.04. The Hall–Kier alpha value is -2.73. The number of ether oxygens (including phenoxy) is 1. The van der Waals surface area contributed by atoms with Gasteiger partial charge in [0.05, 0.1) is 6.26 Å². The van der Waals surface area contributed by atoms with E-state index in [1.165, 1.54) is 0 Å². The zero-order valence-electron chi connectivity index (χ0n) is 13.4. The molecule has 2 N–H and O–H groups in total. The molecule has 0 radical (unpaired) electrons. The molecule has 2 aromatic carbocycles. The number of hydrogen-bond acceptors (Lipinski definition) is 3. The maximum Gasteiger partial charge on any atom is 0.229 e. The van der Waals surface area contributed by atoms with Crippen LogP contribution in [0.2, 0.25) is 0 Å². The summed E-state index contributed by atoms with van der Waals surface area (Å²) in [5, 5.41) is 0. The van der Waals surface area contributed by atoms with E-state index in [1.807, 2.05) is 49.4 Å². The predicted octanol–water partition coefficient (Wildman–Crippen LogP) is 4.15. The zero-order valence-corrected chi connectivity index (χ0v) is 14.2. The van der Waals surface area contributed by atoms with Crippen molar-refractivity contribution in [3.8, 4) is 22.8 Å². The maximum atomic E-state index is 11.5. The summed E-state index contributed by atoms with van der Waals surface area (Å²) >= 11 is 0. The first-order valence-corrected chi connectivity index (χ1v) is 9.30. The largest absolute Gasteiger partial charge is 0.457 e. The fourth-order valence-electron chi connectivity index (χ4n) is 2.38. The normalized spacial score (nSPS) is 11.2. The molecular formula is C18H18N2O3S. The Bertz CT molecular complexity index is 947. The Kier molecular flexibility index (Phi) is 4.31. The third kappa shape index (κ3) is 3.97. The third-order valence-electron chi connectivity index (χ3n) is 3.38. The summed E-state index contributed by atoms with van der Waals surface area (Å²) in [6, 6.07) is 18.5. The summed E-state index contributed by atoms with van der Waals surface area (Å²) in [7, 11) is -3.34. The molecule has 5 nitrogen and oxygen atoms in total. The molecule has 0 saturated heterocycles. The Labute approximate surface area is 141 Å². The van der Waals surface area contributed by atoms with Crippen molar-refractivity contribution in [1.82, 2.24) is 4.98 Å². The van der Waals surface area contributed by atoms with Gasteiger partial charge in [0, 0.05) is 22.6 Å². The van der Waals surface area contributed by atoms with E-state index < -0.39 is 10.0 Å². The number of aromatic nitrogens is 1. The van der Waals surface area contributed by atoms with Gasteiger partial charge in [0.25, 0.3) is 0 Å². The van der Waals surface area contributed by atoms with E-state index in [4.69, 9.17) is 4.74 Å². The molecule has 124 valence electrons. The Morgan fingerprint density at radius 1 is 1.00 bits per heavy atom. The molecule has 3 aromatic rings. The van der Waals surface area contributed by atoms with Crippen LogP contribution in [0.4, 0.5) is 5.69 Å². The van der Waals surface area contributed by atoms with E-state index in [0.717, 1.165) is 23.2 Å². The molecule has 0 spiro atoms. The number of aryl methyl sites for hydroxylation is 1. The van der Waals surface area contributed by atoms with E-state index in [2.05, 4.69) is 9.71 Å². The third-order valence-corrected chi connectivity index (χ3v) is 3.98. The van der Waals surface area contributed by atoms with E-state index in [-0.39, 0.29) is 0 Å². The first-order chi connectivity index (χ1) is 11.4. The second-order valence-corrected chi connectivity index (χ2v) is 7.30. The fourth-order valence-corrected chi connectivity index (χ4v) is 2.94. The van der Waals surface area contributed by atoms with E-state index in [1.54, 1.807) is 18.2 Å². The first kappa shape index (κ1) is 16.1. The van der Waals surface area contributed by atoms with Crippen molar-refractivity contribution < 1.29 is 13.2 Å². The Morgan fingerprint density at radius 2 is 1.75 bits per heavy atom. The van der Waals surface area contributed by atoms with Gasteiger partial charge in [0.15, 0.2) is 0 Å². The van der Waals surface area contributed by atoms with E-state index in [9.17, 15) is 8.42 Å². The number of rotatable bonds is 5. The van der Waals surface area contributed by atoms with Crippen molar-refractivity contribution in [2.24, 2.45) is 0 Å². The molecule has 0 amide bonds. The molecule has 3 rings (SSSR count). The van der Waals surface area contributed by atoms with Gasteiger partial charge in [0.1, 0.15) is 11.5 Å². The highest BCUT2D eigenvalue weighted by Crippen LogP contribution is 2.35. The van der Waals surface area contributed by atoms with E-state index in [0.29, 0.717) is 17.2 Å². The second kappa shape index (κ2) is 6.41. The molecular weight excluding hydrogens is 324 g/mol. The highest BCUT2D eigenvalue weighted by molar-refractivity contribution is 7.92. The van der Waals surface area contributed by atoms with Gasteiger partial charge in [-0.15, -0.1) is 0 Å². The van der Waals surface area contributed by atoms with Gasteiger partial charge in [-0.3, -0.25) is 4.72 Å². The average molecular weight is 342 g/mol. The summed E-state index contributed by atoms with van der Waals surface area (Å²) in [4.78, 5) is 3.25. The quantitative estimate of drug-likeness (QED) is 0.731. The number of aromatic amines is 1. The molecule has 0 fully saturated rings. The number of H-pyrrole nitrogens is 1. The molecule has 0 bridgehead atoms. The van der Waals surface area contributed by atoms with Crippen molar-refractivity contribution in [1.29, 1.82) is 0 Å². The molecule has 1 heterocycles. The van der Waals surface area contributed by atoms with Crippen LogP contribution in [-0.4, -0.2) is 19.7 Å². The lowest BCUT2D eigenvalue weighted by atomic mass is 10.1. The molecule has 0 saturated carbocycles. The maximum absolute atomic E-state index is 11.5. The minimum Gasteiger partial charge on any atom is -0.457 e. The predicted molar refractivity (Wildman–Crippen MR) is 95.9 cm³/mol. The summed E-state index contributed by atoms with van der Waals surface area (Å²) in [6.45, 7) is 1.96. The fraction of sp³-hybridized carbons (Fsp3) is 0.111. The lowest BCUT2D eigenvalue weighted by Gasteiger charge is -2.13. The van der Waals surface area contributed by atoms with Gasteiger partial charge in [-0.05, 0) is 49.4 Å². The minimum absolute atomic E-state index is 0.486. The topological polar surface area (TPSA) is 71.2 Å². The highest BCUT2D eigenvalue weighted by atomic mass is 32.2. The summed E-state index contributed by atoms with van der Waals surface area (Å²) < 4.78 is 31.4. The number of hydrogen-bond donors (Lipinski definition) is 2. The van der Waals surface area contributed by atoms with Crippen molar-refractivity contribution in [3.05, 3.63) is 66.4 Å². The molecule has 24 heavy (non-hydrogen) atoms. The van der Waals surface area contributed by atoms with Gasteiger partial charge in [-0.2, -0.15) is 0 Å². The summed E-state index contributed by atoms with van der Waals surface area (Å²) in [5.74, 6) is 1.35. The van der Waals surface area contributed by atoms with Crippen molar-refractivity contribution in [3.63, 3.8) is 0 Å². The summed E-state index contributed by atoms with van der Waals surface area (Å²) in [6.07, 6.45) is 1.12. The van der Waals surface area contributed by atoms with Crippen LogP contribution in [0.3, 0.4) is 0 Å². The molecule has 0 atom stereocenters. The van der Waals surface area contributed by atoms with Crippen LogP contribution >= 0.6 is 0 Å². The molecule has 1 aromatic heterocycles. The van der Waals surface area contributed by atoms with Crippen molar-refractivity contribution in [2.45, 2.75) is 6.92 Å². The second-order valence-electron chi connectivity index (χ2n) is 5.56. The van der Waals surface area contributed by atoms with Gasteiger partial charge in [-0.25, -0.2) is 8.42 Å². The smallest absolute Gasteiger partial charge is 0.229 e. The summed E-state index contributed by atoms with van der Waals surface area (Å²) in [5.41, 5.74) is 3.13. The average Bonchev–Trinajstić information content (AvgIpc) is 2.95. The molecule has 6 heteroatoms. The lowest BCUT2D eigenvalue weighted by Crippen LogP contribution is -2.09. The lowest BCUT2D eigenvalue weighted by molar-refractivity contribution is 0.484. The van der Waals surface area contributed by atoms with Crippen LogP contribution in [0.5, 0.6) is 11.5 Å². The molecule has 0 aliphatic rings. The SMILES string of the molecule is Cc1ccc(-c2cc(NS(C)(=O)=O)ccc2Oc2ccccc2)[nH]1. The van der Waals surface area contributed by atoms with Crippen molar-refractivity contribution in [2.75, 3.05) is 11.0 Å². The number of para-hydroxylation sites is 1. The van der Waals surface area contributed by atoms with Crippen LogP contribution in [0.15, 0.2) is 60.7 Å². The van der Waals surface area contributed by atoms with Gasteiger partial charge >= 0.3 is 0 Å². The number of sulfonamides is 1. The van der Waals surface area contributed by atoms with Crippen LogP contribution in [0.25, 0.3) is 11.3 Å². The minimum atomic E-state index is -3.34. The number of benzene rings is 2.